The molecule has 0 aliphatic carbocycles. The lowest BCUT2D eigenvalue weighted by Crippen LogP contribution is -2.46. The summed E-state index contributed by atoms with van der Waals surface area (Å²) in [5, 5.41) is 17.9. The van der Waals surface area contributed by atoms with Crippen molar-refractivity contribution >= 4 is 30.2 Å². The Morgan fingerprint density at radius 1 is 0.929 bits per heavy atom. The summed E-state index contributed by atoms with van der Waals surface area (Å²) in [6.07, 6.45) is 4.71. The highest BCUT2D eigenvalue weighted by Gasteiger charge is 2.16. The van der Waals surface area contributed by atoms with Crippen molar-refractivity contribution in [2.24, 2.45) is 22.2 Å². The Balaban J connectivity index is 0. The number of aliphatic hydroxyl groups is 1. The van der Waals surface area contributed by atoms with Crippen LogP contribution in [0.15, 0.2) is 4.99 Å². The molecule has 0 aromatic rings. The number of halogens is 1. The van der Waals surface area contributed by atoms with Crippen LogP contribution in [0.4, 0.5) is 0 Å². The highest BCUT2D eigenvalue weighted by molar-refractivity contribution is 5.86. The van der Waals surface area contributed by atoms with Gasteiger partial charge in [-0.15, -0.1) is 12.4 Å². The summed E-state index contributed by atoms with van der Waals surface area (Å²) in [5.74, 6) is -0.844. The number of guanidine groups is 1. The molecule has 0 saturated heterocycles. The fraction of sp³-hybridized carbons (Fsp3) is 0.824. The summed E-state index contributed by atoms with van der Waals surface area (Å²) in [4.78, 5) is 27.3. The lowest BCUT2D eigenvalue weighted by Gasteiger charge is -2.13. The number of hydrogen-bond acceptors (Lipinski definition) is 6. The molecule has 0 bridgehead atoms. The van der Waals surface area contributed by atoms with Gasteiger partial charge in [0.1, 0.15) is 0 Å². The molecule has 0 aromatic carbocycles. The second-order valence-electron chi connectivity index (χ2n) is 6.33. The van der Waals surface area contributed by atoms with Gasteiger partial charge in [-0.3, -0.25) is 14.6 Å². The summed E-state index contributed by atoms with van der Waals surface area (Å²) in [6, 6.07) is 0. The lowest BCUT2D eigenvalue weighted by molar-refractivity contribution is -0.136. The average molecular weight is 424 g/mol. The maximum Gasteiger partial charge on any atom is 0.269 e. The topological polar surface area (TPSA) is 181 Å². The lowest BCUT2D eigenvalue weighted by atomic mass is 10.1. The van der Waals surface area contributed by atoms with E-state index in [2.05, 4.69) is 20.9 Å². The molecular weight excluding hydrogens is 386 g/mol. The fourth-order valence-electron chi connectivity index (χ4n) is 2.28. The number of aliphatic hydroxyl groups excluding tert-OH is 1. The molecule has 0 saturated carbocycles. The first kappa shape index (κ1) is 28.6. The largest absolute Gasteiger partial charge is 0.370 e. The summed E-state index contributed by atoms with van der Waals surface area (Å²) in [7, 11) is 0. The van der Waals surface area contributed by atoms with Gasteiger partial charge in [-0.25, -0.2) is 0 Å². The molecule has 0 fully saturated rings. The molecule has 0 radical (unpaired) electrons. The molecule has 10 N–H and O–H groups in total. The molecule has 0 aliphatic heterocycles. The van der Waals surface area contributed by atoms with E-state index in [-0.39, 0.29) is 30.7 Å². The minimum atomic E-state index is -1.51. The number of aliphatic imine (C=N–C) groups is 1. The number of nitrogens with one attached hydrogen (secondary N) is 3. The van der Waals surface area contributed by atoms with Crippen molar-refractivity contribution in [1.82, 2.24) is 16.0 Å². The molecule has 0 aliphatic rings. The van der Waals surface area contributed by atoms with E-state index in [1.54, 1.807) is 0 Å². The minimum absolute atomic E-state index is 0. The van der Waals surface area contributed by atoms with Gasteiger partial charge in [0, 0.05) is 19.5 Å². The standard InChI is InChI=1S/C17H37N7O3.ClH/c18-9-7-11-21-10-5-6-12-22-15(26)16(27)24-14(25)8-3-1-2-4-13-23-17(19)20;/h16,21,27H,1-13,18H2,(H,22,26)(H,24,25)(H4,19,20,23);1H. The van der Waals surface area contributed by atoms with Crippen molar-refractivity contribution in [2.45, 2.75) is 57.6 Å². The van der Waals surface area contributed by atoms with Crippen molar-refractivity contribution in [2.75, 3.05) is 32.7 Å². The first-order valence-corrected chi connectivity index (χ1v) is 9.68. The smallest absolute Gasteiger partial charge is 0.269 e. The zero-order valence-electron chi connectivity index (χ0n) is 16.6. The quantitative estimate of drug-likeness (QED) is 0.0670. The molecule has 1 unspecified atom stereocenters. The summed E-state index contributed by atoms with van der Waals surface area (Å²) < 4.78 is 0. The van der Waals surface area contributed by atoms with Gasteiger partial charge in [-0.1, -0.05) is 12.8 Å². The minimum Gasteiger partial charge on any atom is -0.370 e. The Kier molecular flexibility index (Phi) is 20.5. The molecule has 0 rings (SSSR count). The van der Waals surface area contributed by atoms with Gasteiger partial charge < -0.3 is 38.3 Å². The van der Waals surface area contributed by atoms with E-state index < -0.39 is 12.1 Å². The van der Waals surface area contributed by atoms with E-state index in [1.165, 1.54) is 0 Å². The van der Waals surface area contributed by atoms with Crippen LogP contribution in [0, 0.1) is 0 Å². The number of unbranched alkanes of at least 4 members (excludes halogenated alkanes) is 4. The number of amides is 2. The third-order valence-electron chi connectivity index (χ3n) is 3.79. The fourth-order valence-corrected chi connectivity index (χ4v) is 2.28. The highest BCUT2D eigenvalue weighted by atomic mass is 35.5. The number of nitrogens with zero attached hydrogens (tertiary/aromatic N) is 1. The number of carbonyl (C=O) groups is 2. The Morgan fingerprint density at radius 2 is 1.57 bits per heavy atom. The number of nitrogens with two attached hydrogens (primary N) is 3. The van der Waals surface area contributed by atoms with Gasteiger partial charge in [0.25, 0.3) is 5.91 Å². The van der Waals surface area contributed by atoms with Crippen molar-refractivity contribution in [3.63, 3.8) is 0 Å². The normalized spacial score (nSPS) is 11.2. The highest BCUT2D eigenvalue weighted by Crippen LogP contribution is 2.03. The molecule has 1 atom stereocenters. The van der Waals surface area contributed by atoms with Gasteiger partial charge in [0.15, 0.2) is 5.96 Å². The Hall–Kier alpha value is -1.62. The van der Waals surface area contributed by atoms with Crippen LogP contribution in [0.25, 0.3) is 0 Å². The van der Waals surface area contributed by atoms with Crippen molar-refractivity contribution in [1.29, 1.82) is 0 Å². The first-order chi connectivity index (χ1) is 13.0. The molecule has 0 heterocycles. The van der Waals surface area contributed by atoms with E-state index in [0.717, 1.165) is 51.6 Å². The summed E-state index contributed by atoms with van der Waals surface area (Å²) >= 11 is 0. The van der Waals surface area contributed by atoms with Gasteiger partial charge in [-0.05, 0) is 51.7 Å². The predicted octanol–water partition coefficient (Wildman–Crippen LogP) is -1.10. The van der Waals surface area contributed by atoms with Crippen LogP contribution in [0.3, 0.4) is 0 Å². The molecule has 28 heavy (non-hydrogen) atoms. The second-order valence-corrected chi connectivity index (χ2v) is 6.33. The van der Waals surface area contributed by atoms with Crippen LogP contribution in [0.2, 0.25) is 0 Å². The summed E-state index contributed by atoms with van der Waals surface area (Å²) in [5.41, 5.74) is 15.8. The third kappa shape index (κ3) is 19.2. The third-order valence-corrected chi connectivity index (χ3v) is 3.79. The Morgan fingerprint density at radius 3 is 2.25 bits per heavy atom. The van der Waals surface area contributed by atoms with Crippen LogP contribution < -0.4 is 33.2 Å². The number of carbonyl (C=O) groups excluding carboxylic acids is 2. The van der Waals surface area contributed by atoms with Crippen LogP contribution in [0.5, 0.6) is 0 Å². The molecular formula is C17H38ClN7O3. The van der Waals surface area contributed by atoms with Gasteiger partial charge in [0.05, 0.1) is 0 Å². The van der Waals surface area contributed by atoms with Crippen LogP contribution >= 0.6 is 12.4 Å². The van der Waals surface area contributed by atoms with Gasteiger partial charge in [-0.2, -0.15) is 0 Å². The molecule has 11 heteroatoms. The Bertz CT molecular complexity index is 435. The van der Waals surface area contributed by atoms with E-state index in [1.807, 2.05) is 0 Å². The van der Waals surface area contributed by atoms with Crippen molar-refractivity contribution < 1.29 is 14.7 Å². The Labute approximate surface area is 173 Å². The molecule has 166 valence electrons. The van der Waals surface area contributed by atoms with Crippen LogP contribution in [0.1, 0.15) is 51.4 Å². The maximum atomic E-state index is 11.7. The van der Waals surface area contributed by atoms with Crippen molar-refractivity contribution in [3.05, 3.63) is 0 Å². The van der Waals surface area contributed by atoms with Crippen molar-refractivity contribution in [3.8, 4) is 0 Å². The number of rotatable bonds is 17. The molecule has 10 nitrogen and oxygen atoms in total. The monoisotopic (exact) mass is 423 g/mol. The SMILES string of the molecule is Cl.NCCCNCCCCNC(=O)C(O)NC(=O)CCCCCCN=C(N)N. The van der Waals surface area contributed by atoms with Gasteiger partial charge in [0.2, 0.25) is 12.1 Å². The molecule has 2 amide bonds. The van der Waals surface area contributed by atoms with Crippen LogP contribution in [-0.2, 0) is 9.59 Å². The first-order valence-electron chi connectivity index (χ1n) is 9.68. The van der Waals surface area contributed by atoms with Crippen LogP contribution in [-0.4, -0.2) is 61.8 Å². The zero-order chi connectivity index (χ0) is 20.3. The number of hydrogen-bond donors (Lipinski definition) is 7. The maximum absolute atomic E-state index is 11.7. The second kappa shape index (κ2) is 20.1. The van der Waals surface area contributed by atoms with E-state index in [4.69, 9.17) is 17.2 Å². The average Bonchev–Trinajstić information content (AvgIpc) is 2.62. The predicted molar refractivity (Wildman–Crippen MR) is 114 cm³/mol. The molecule has 0 aromatic heterocycles. The van der Waals surface area contributed by atoms with E-state index in [9.17, 15) is 14.7 Å². The zero-order valence-corrected chi connectivity index (χ0v) is 17.4. The van der Waals surface area contributed by atoms with E-state index in [0.29, 0.717) is 26.1 Å². The van der Waals surface area contributed by atoms with E-state index >= 15 is 0 Å². The van der Waals surface area contributed by atoms with Gasteiger partial charge >= 0.3 is 0 Å². The molecule has 0 spiro atoms. The summed E-state index contributed by atoms with van der Waals surface area (Å²) in [6.45, 7) is 3.47.